The zero-order valence-corrected chi connectivity index (χ0v) is 20.3. The summed E-state index contributed by atoms with van der Waals surface area (Å²) in [5, 5.41) is 12.9. The van der Waals surface area contributed by atoms with Gasteiger partial charge in [-0.1, -0.05) is 22.9 Å². The van der Waals surface area contributed by atoms with E-state index in [9.17, 15) is 9.59 Å². The second-order valence-corrected chi connectivity index (χ2v) is 9.78. The van der Waals surface area contributed by atoms with E-state index in [0.717, 1.165) is 48.6 Å². The fourth-order valence-corrected chi connectivity index (χ4v) is 5.30. The van der Waals surface area contributed by atoms with E-state index >= 15 is 0 Å². The first kappa shape index (κ1) is 22.4. The van der Waals surface area contributed by atoms with Gasteiger partial charge in [0.2, 0.25) is 11.0 Å². The molecule has 1 aromatic heterocycles. The molecule has 0 radical (unpaired) electrons. The average molecular weight is 495 g/mol. The molecule has 0 bridgehead atoms. The van der Waals surface area contributed by atoms with Gasteiger partial charge >= 0.3 is 0 Å². The highest BCUT2D eigenvalue weighted by Crippen LogP contribution is 2.22. The van der Waals surface area contributed by atoms with Gasteiger partial charge in [-0.2, -0.15) is 4.98 Å². The molecule has 3 aliphatic rings. The number of H-pyrrole nitrogens is 1. The molecule has 1 saturated heterocycles. The van der Waals surface area contributed by atoms with Crippen molar-refractivity contribution in [2.24, 2.45) is 0 Å². The molecule has 4 heterocycles. The van der Waals surface area contributed by atoms with Gasteiger partial charge in [0, 0.05) is 41.3 Å². The molecule has 34 heavy (non-hydrogen) atoms. The van der Waals surface area contributed by atoms with Crippen molar-refractivity contribution in [3.05, 3.63) is 78.0 Å². The number of hydrogen-bond acceptors (Lipinski definition) is 5. The summed E-state index contributed by atoms with van der Waals surface area (Å²) in [6.45, 7) is 5.47. The monoisotopic (exact) mass is 494 g/mol. The van der Waals surface area contributed by atoms with E-state index < -0.39 is 5.56 Å². The minimum Gasteiger partial charge on any atom is -0.339 e. The van der Waals surface area contributed by atoms with Gasteiger partial charge in [-0.3, -0.25) is 20.1 Å². The number of amides is 1. The van der Waals surface area contributed by atoms with Gasteiger partial charge in [0.1, 0.15) is 4.66 Å². The van der Waals surface area contributed by atoms with E-state index in [0.29, 0.717) is 14.8 Å². The Hall–Kier alpha value is -3.43. The third-order valence-electron chi connectivity index (χ3n) is 6.05. The zero-order valence-electron chi connectivity index (χ0n) is 18.8. The van der Waals surface area contributed by atoms with Crippen molar-refractivity contribution >= 4 is 41.0 Å². The third kappa shape index (κ3) is 4.01. The average Bonchev–Trinajstić information content (AvgIpc) is 3.52. The molecule has 5 rings (SSSR count). The number of rotatable bonds is 3. The lowest BCUT2D eigenvalue weighted by atomic mass is 10.2. The van der Waals surface area contributed by atoms with Gasteiger partial charge in [0.05, 0.1) is 5.22 Å². The van der Waals surface area contributed by atoms with Crippen molar-refractivity contribution in [2.75, 3.05) is 13.1 Å². The van der Waals surface area contributed by atoms with Crippen molar-refractivity contribution in [1.82, 2.24) is 24.2 Å². The van der Waals surface area contributed by atoms with Gasteiger partial charge in [-0.05, 0) is 68.7 Å². The van der Waals surface area contributed by atoms with Gasteiger partial charge in [0.15, 0.2) is 5.49 Å². The number of nitrogens with one attached hydrogen (secondary N) is 2. The molecule has 8 nitrogen and oxygen atoms in total. The lowest BCUT2D eigenvalue weighted by Gasteiger charge is -2.10. The molecule has 0 atom stereocenters. The van der Waals surface area contributed by atoms with Crippen LogP contribution in [0.4, 0.5) is 0 Å². The van der Waals surface area contributed by atoms with Gasteiger partial charge in [0.25, 0.3) is 5.56 Å². The normalized spacial score (nSPS) is 15.1. The topological polar surface area (TPSA) is 99.8 Å². The number of halogens is 1. The Morgan fingerprint density at radius 3 is 2.62 bits per heavy atom. The van der Waals surface area contributed by atoms with E-state index in [1.165, 1.54) is 22.1 Å². The zero-order chi connectivity index (χ0) is 24.0. The highest BCUT2D eigenvalue weighted by Gasteiger charge is 2.17. The van der Waals surface area contributed by atoms with Crippen molar-refractivity contribution in [3.8, 4) is 10.8 Å². The van der Waals surface area contributed by atoms with Crippen LogP contribution in [0.2, 0.25) is 5.02 Å². The third-order valence-corrected chi connectivity index (χ3v) is 7.19. The molecule has 174 valence electrons. The number of aromatic amines is 1. The molecule has 2 aromatic rings. The van der Waals surface area contributed by atoms with Crippen molar-refractivity contribution in [1.29, 1.82) is 5.41 Å². The molecule has 1 aromatic carbocycles. The minimum atomic E-state index is -0.478. The Balaban J connectivity index is 1.60. The molecule has 0 unspecified atom stereocenters. The lowest BCUT2D eigenvalue weighted by Crippen LogP contribution is -2.47. The summed E-state index contributed by atoms with van der Waals surface area (Å²) < 4.78 is 4.07. The summed E-state index contributed by atoms with van der Waals surface area (Å²) in [5.74, 6) is -0.0730. The van der Waals surface area contributed by atoms with Crippen LogP contribution >= 0.6 is 22.9 Å². The summed E-state index contributed by atoms with van der Waals surface area (Å²) in [6, 6.07) is 9.52. The van der Waals surface area contributed by atoms with Gasteiger partial charge in [-0.15, -0.1) is 0 Å². The predicted molar refractivity (Wildman–Crippen MR) is 132 cm³/mol. The molecule has 1 amide bonds. The Kier molecular flexibility index (Phi) is 5.75. The first-order chi connectivity index (χ1) is 16.3. The second-order valence-electron chi connectivity index (χ2n) is 8.33. The molecular weight excluding hydrogens is 472 g/mol. The number of likely N-dealkylation sites (tertiary alicyclic amines) is 1. The summed E-state index contributed by atoms with van der Waals surface area (Å²) in [4.78, 5) is 31.2. The highest BCUT2D eigenvalue weighted by molar-refractivity contribution is 7.11. The highest BCUT2D eigenvalue weighted by atomic mass is 35.5. The lowest BCUT2D eigenvalue weighted by molar-refractivity contribution is -0.123. The van der Waals surface area contributed by atoms with Crippen molar-refractivity contribution in [2.45, 2.75) is 26.7 Å². The predicted octanol–water partition coefficient (Wildman–Crippen LogP) is 1.83. The molecule has 2 N–H and O–H groups in total. The Labute approximate surface area is 203 Å². The Morgan fingerprint density at radius 1 is 1.21 bits per heavy atom. The SMILES string of the molecule is Cc1cc(/C=c2/c(=O)nc3s/c(=C/C(=O)N4CCCC4)[nH]n-3c2=N)c(C)n1-c1ccc(Cl)cc1. The van der Waals surface area contributed by atoms with Crippen LogP contribution < -0.4 is 20.9 Å². The fourth-order valence-electron chi connectivity index (χ4n) is 4.33. The molecule has 3 aliphatic heterocycles. The number of fused-ring (bicyclic) bond motifs is 1. The maximum Gasteiger partial charge on any atom is 0.283 e. The van der Waals surface area contributed by atoms with Crippen LogP contribution in [0.1, 0.15) is 29.8 Å². The molecule has 10 heteroatoms. The van der Waals surface area contributed by atoms with Crippen LogP contribution in [-0.4, -0.2) is 43.2 Å². The molecule has 1 fully saturated rings. The van der Waals surface area contributed by atoms with Crippen LogP contribution in [0.15, 0.2) is 35.1 Å². The first-order valence-corrected chi connectivity index (χ1v) is 12.1. The summed E-state index contributed by atoms with van der Waals surface area (Å²) in [7, 11) is 0. The molecular formula is C24H23ClN6O2S. The number of aromatic nitrogens is 4. The Bertz CT molecular complexity index is 1600. The molecule has 0 aliphatic carbocycles. The maximum atomic E-state index is 12.8. The number of carbonyl (C=O) groups excluding carboxylic acids is 1. The standard InChI is InChI=1S/C24H23ClN6O2S/c1-14-11-16(15(2)30(14)18-7-5-17(25)6-8-18)12-19-22(26)31-24(27-23(19)33)34-20(28-31)13-21(32)29-9-3-4-10-29/h5-8,11-13,26,28H,3-4,9-10H2,1-2H3/b19-12+,20-13+,26-22?. The van der Waals surface area contributed by atoms with Crippen molar-refractivity contribution in [3.63, 3.8) is 0 Å². The summed E-state index contributed by atoms with van der Waals surface area (Å²) >= 11 is 7.21. The number of benzene rings is 1. The van der Waals surface area contributed by atoms with Crippen LogP contribution in [0.25, 0.3) is 23.0 Å². The Morgan fingerprint density at radius 2 is 1.91 bits per heavy atom. The summed E-state index contributed by atoms with van der Waals surface area (Å²) in [6.07, 6.45) is 5.24. The van der Waals surface area contributed by atoms with E-state index in [4.69, 9.17) is 17.0 Å². The van der Waals surface area contributed by atoms with Crippen LogP contribution in [-0.2, 0) is 4.79 Å². The van der Waals surface area contributed by atoms with E-state index in [-0.39, 0.29) is 16.6 Å². The second kappa shape index (κ2) is 8.73. The fraction of sp³-hybridized carbons (Fsp3) is 0.250. The van der Waals surface area contributed by atoms with Gasteiger partial charge in [-0.25, -0.2) is 4.68 Å². The largest absolute Gasteiger partial charge is 0.339 e. The van der Waals surface area contributed by atoms with Crippen LogP contribution in [0, 0.1) is 19.3 Å². The van der Waals surface area contributed by atoms with Crippen molar-refractivity contribution < 1.29 is 4.79 Å². The minimum absolute atomic E-state index is 0.00387. The van der Waals surface area contributed by atoms with E-state index in [2.05, 4.69) is 14.6 Å². The number of hydrogen-bond donors (Lipinski definition) is 2. The first-order valence-electron chi connectivity index (χ1n) is 11.0. The molecule has 0 saturated carbocycles. The quantitative estimate of drug-likeness (QED) is 0.454. The van der Waals surface area contributed by atoms with E-state index in [1.54, 1.807) is 11.0 Å². The van der Waals surface area contributed by atoms with Gasteiger partial charge < -0.3 is 9.47 Å². The maximum absolute atomic E-state index is 12.8. The van der Waals surface area contributed by atoms with E-state index in [1.807, 2.05) is 44.2 Å². The number of nitrogens with zero attached hydrogens (tertiary/aromatic N) is 4. The van der Waals surface area contributed by atoms with Crippen LogP contribution in [0.3, 0.4) is 0 Å². The smallest absolute Gasteiger partial charge is 0.283 e. The summed E-state index contributed by atoms with van der Waals surface area (Å²) in [5.41, 5.74) is 3.23. The molecule has 0 spiro atoms. The number of carbonyl (C=O) groups is 1. The van der Waals surface area contributed by atoms with Crippen LogP contribution in [0.5, 0.6) is 0 Å². The number of aryl methyl sites for hydroxylation is 1.